The summed E-state index contributed by atoms with van der Waals surface area (Å²) in [4.78, 5) is 6.47. The number of aliphatic hydroxyl groups is 1. The standard InChI is InChI=1S/C22H32N2O/c1-4-15(2)11-17-12-16(14-25)13-24-10-9-19-18-7-5-6-8-20(18)23-21(19)22(17,24)3/h5-8,15-17,23,25H,4,9-14H2,1-3H3/t15?,16-,17-,22?/m0/s1. The second-order valence-electron chi connectivity index (χ2n) is 8.60. The molecule has 1 aromatic carbocycles. The van der Waals surface area contributed by atoms with E-state index in [0.29, 0.717) is 18.4 Å². The average molecular weight is 341 g/mol. The van der Waals surface area contributed by atoms with Crippen LogP contribution in [0.1, 0.15) is 51.3 Å². The first kappa shape index (κ1) is 17.1. The highest BCUT2D eigenvalue weighted by Gasteiger charge is 2.50. The molecule has 4 rings (SSSR count). The monoisotopic (exact) mass is 340 g/mol. The number of hydrogen-bond acceptors (Lipinski definition) is 2. The van der Waals surface area contributed by atoms with E-state index in [0.717, 1.165) is 31.8 Å². The molecule has 3 nitrogen and oxygen atoms in total. The molecule has 25 heavy (non-hydrogen) atoms. The fourth-order valence-electron chi connectivity index (χ4n) is 5.40. The first-order valence-electron chi connectivity index (χ1n) is 10.0. The van der Waals surface area contributed by atoms with Gasteiger partial charge in [-0.2, -0.15) is 0 Å². The molecule has 0 radical (unpaired) electrons. The van der Waals surface area contributed by atoms with E-state index in [4.69, 9.17) is 0 Å². The van der Waals surface area contributed by atoms with Crippen LogP contribution in [-0.4, -0.2) is 34.7 Å². The van der Waals surface area contributed by atoms with E-state index in [1.165, 1.54) is 35.0 Å². The van der Waals surface area contributed by atoms with Crippen LogP contribution in [0.5, 0.6) is 0 Å². The summed E-state index contributed by atoms with van der Waals surface area (Å²) >= 11 is 0. The quantitative estimate of drug-likeness (QED) is 0.871. The average Bonchev–Trinajstić information content (AvgIpc) is 3.02. The van der Waals surface area contributed by atoms with E-state index >= 15 is 0 Å². The third-order valence-corrected chi connectivity index (χ3v) is 7.14. The highest BCUT2D eigenvalue weighted by Crippen LogP contribution is 2.50. The predicted octanol–water partition coefficient (Wildman–Crippen LogP) is 4.31. The van der Waals surface area contributed by atoms with Crippen LogP contribution in [0.3, 0.4) is 0 Å². The molecule has 3 heterocycles. The van der Waals surface area contributed by atoms with E-state index in [1.54, 1.807) is 0 Å². The number of fused-ring (bicyclic) bond motifs is 5. The van der Waals surface area contributed by atoms with Crippen molar-refractivity contribution in [2.75, 3.05) is 19.7 Å². The number of para-hydroxylation sites is 1. The zero-order valence-corrected chi connectivity index (χ0v) is 15.9. The maximum absolute atomic E-state index is 9.85. The maximum atomic E-state index is 9.85. The Bertz CT molecular complexity index is 750. The third-order valence-electron chi connectivity index (χ3n) is 7.14. The van der Waals surface area contributed by atoms with Crippen molar-refractivity contribution in [1.29, 1.82) is 0 Å². The molecule has 0 spiro atoms. The number of aromatic nitrogens is 1. The molecule has 0 bridgehead atoms. The lowest BCUT2D eigenvalue weighted by Crippen LogP contribution is -2.59. The van der Waals surface area contributed by atoms with Gasteiger partial charge in [-0.15, -0.1) is 0 Å². The van der Waals surface area contributed by atoms with Crippen molar-refractivity contribution in [3.63, 3.8) is 0 Å². The second kappa shape index (κ2) is 6.44. The van der Waals surface area contributed by atoms with Gasteiger partial charge in [0, 0.05) is 36.3 Å². The van der Waals surface area contributed by atoms with Crippen LogP contribution in [0.4, 0.5) is 0 Å². The third kappa shape index (κ3) is 2.63. The SMILES string of the molecule is CCC(C)C[C@H]1C[C@H](CO)CN2CCc3c([nH]c4ccccc34)C12C. The molecule has 2 aromatic rings. The summed E-state index contributed by atoms with van der Waals surface area (Å²) in [5.74, 6) is 1.75. The van der Waals surface area contributed by atoms with Crippen molar-refractivity contribution in [3.05, 3.63) is 35.5 Å². The van der Waals surface area contributed by atoms with Gasteiger partial charge < -0.3 is 10.1 Å². The van der Waals surface area contributed by atoms with Gasteiger partial charge in [0.2, 0.25) is 0 Å². The Balaban J connectivity index is 1.81. The number of rotatable bonds is 4. The lowest BCUT2D eigenvalue weighted by molar-refractivity contribution is -0.0529. The number of aliphatic hydroxyl groups excluding tert-OH is 1. The highest BCUT2D eigenvalue weighted by molar-refractivity contribution is 5.85. The van der Waals surface area contributed by atoms with Crippen molar-refractivity contribution in [1.82, 2.24) is 9.88 Å². The maximum Gasteiger partial charge on any atom is 0.0614 e. The number of nitrogens with zero attached hydrogens (tertiary/aromatic N) is 1. The molecule has 0 aliphatic carbocycles. The van der Waals surface area contributed by atoms with Gasteiger partial charge in [0.1, 0.15) is 0 Å². The minimum Gasteiger partial charge on any atom is -0.396 e. The fraction of sp³-hybridized carbons (Fsp3) is 0.636. The van der Waals surface area contributed by atoms with Gasteiger partial charge >= 0.3 is 0 Å². The van der Waals surface area contributed by atoms with Gasteiger partial charge in [0.05, 0.1) is 5.54 Å². The normalized spacial score (nSPS) is 30.9. The number of H-pyrrole nitrogens is 1. The summed E-state index contributed by atoms with van der Waals surface area (Å²) in [6.07, 6.45) is 4.73. The molecule has 3 heteroatoms. The summed E-state index contributed by atoms with van der Waals surface area (Å²) < 4.78 is 0. The largest absolute Gasteiger partial charge is 0.396 e. The number of benzene rings is 1. The number of piperidine rings is 1. The van der Waals surface area contributed by atoms with Gasteiger partial charge in [0.15, 0.2) is 0 Å². The minimum absolute atomic E-state index is 0.0711. The van der Waals surface area contributed by atoms with Crippen molar-refractivity contribution < 1.29 is 5.11 Å². The van der Waals surface area contributed by atoms with E-state index in [2.05, 4.69) is 54.9 Å². The summed E-state index contributed by atoms with van der Waals surface area (Å²) in [7, 11) is 0. The van der Waals surface area contributed by atoms with Crippen molar-refractivity contribution >= 4 is 10.9 Å². The van der Waals surface area contributed by atoms with E-state index in [-0.39, 0.29) is 5.54 Å². The molecular formula is C22H32N2O. The summed E-state index contributed by atoms with van der Waals surface area (Å²) in [6, 6.07) is 8.77. The molecule has 136 valence electrons. The van der Waals surface area contributed by atoms with Gasteiger partial charge in [-0.3, -0.25) is 4.90 Å². The molecule has 2 aliphatic heterocycles. The van der Waals surface area contributed by atoms with Gasteiger partial charge in [0.25, 0.3) is 0 Å². The Labute approximate surface area is 151 Å². The molecule has 0 saturated carbocycles. The Morgan fingerprint density at radius 3 is 2.92 bits per heavy atom. The molecule has 0 amide bonds. The van der Waals surface area contributed by atoms with Crippen LogP contribution in [-0.2, 0) is 12.0 Å². The first-order chi connectivity index (χ1) is 12.1. The van der Waals surface area contributed by atoms with E-state index < -0.39 is 0 Å². The summed E-state index contributed by atoms with van der Waals surface area (Å²) in [5, 5.41) is 11.3. The molecule has 2 unspecified atom stereocenters. The van der Waals surface area contributed by atoms with Gasteiger partial charge in [-0.1, -0.05) is 38.5 Å². The van der Waals surface area contributed by atoms with Gasteiger partial charge in [-0.25, -0.2) is 0 Å². The number of nitrogens with one attached hydrogen (secondary N) is 1. The fourth-order valence-corrected chi connectivity index (χ4v) is 5.40. The molecule has 2 N–H and O–H groups in total. The smallest absolute Gasteiger partial charge is 0.0614 e. The van der Waals surface area contributed by atoms with E-state index in [9.17, 15) is 5.11 Å². The van der Waals surface area contributed by atoms with Crippen LogP contribution in [0.15, 0.2) is 24.3 Å². The van der Waals surface area contributed by atoms with Crippen molar-refractivity contribution in [2.24, 2.45) is 17.8 Å². The van der Waals surface area contributed by atoms with Crippen LogP contribution >= 0.6 is 0 Å². The van der Waals surface area contributed by atoms with E-state index in [1.807, 2.05) is 0 Å². The molecule has 1 fully saturated rings. The van der Waals surface area contributed by atoms with Gasteiger partial charge in [-0.05, 0) is 55.6 Å². The van der Waals surface area contributed by atoms with Crippen LogP contribution in [0.25, 0.3) is 10.9 Å². The first-order valence-corrected chi connectivity index (χ1v) is 10.0. The molecular weight excluding hydrogens is 308 g/mol. The number of aromatic amines is 1. The zero-order chi connectivity index (χ0) is 17.6. The summed E-state index contributed by atoms with van der Waals surface area (Å²) in [6.45, 7) is 9.60. The second-order valence-corrected chi connectivity index (χ2v) is 8.60. The van der Waals surface area contributed by atoms with Crippen LogP contribution < -0.4 is 0 Å². The topological polar surface area (TPSA) is 39.3 Å². The van der Waals surface area contributed by atoms with Crippen LogP contribution in [0, 0.1) is 17.8 Å². The Morgan fingerprint density at radius 1 is 1.36 bits per heavy atom. The van der Waals surface area contributed by atoms with Crippen molar-refractivity contribution in [3.8, 4) is 0 Å². The highest BCUT2D eigenvalue weighted by atomic mass is 16.3. The minimum atomic E-state index is 0.0711. The zero-order valence-electron chi connectivity index (χ0n) is 15.9. The Hall–Kier alpha value is -1.32. The molecule has 2 aliphatic rings. The Morgan fingerprint density at radius 2 is 2.16 bits per heavy atom. The lowest BCUT2D eigenvalue weighted by atomic mass is 9.66. The summed E-state index contributed by atoms with van der Waals surface area (Å²) in [5.41, 5.74) is 4.33. The molecule has 1 aromatic heterocycles. The number of hydrogen-bond donors (Lipinski definition) is 2. The van der Waals surface area contributed by atoms with Crippen LogP contribution in [0.2, 0.25) is 0 Å². The predicted molar refractivity (Wildman–Crippen MR) is 104 cm³/mol. The lowest BCUT2D eigenvalue weighted by Gasteiger charge is -2.55. The Kier molecular flexibility index (Phi) is 4.41. The van der Waals surface area contributed by atoms with Crippen molar-refractivity contribution in [2.45, 2.75) is 52.0 Å². The molecule has 1 saturated heterocycles. The molecule has 4 atom stereocenters.